The van der Waals surface area contributed by atoms with Gasteiger partial charge in [0.25, 0.3) is 0 Å². The van der Waals surface area contributed by atoms with E-state index in [0.717, 1.165) is 0 Å². The summed E-state index contributed by atoms with van der Waals surface area (Å²) in [6.45, 7) is 0. The molecular formula is C14H10IrO4. The Morgan fingerprint density at radius 1 is 0.789 bits per heavy atom. The molecule has 0 unspecified atom stereocenters. The number of hydrogen-bond acceptors (Lipinski definition) is 2. The van der Waals surface area contributed by atoms with E-state index in [1.54, 1.807) is 30.3 Å². The van der Waals surface area contributed by atoms with Gasteiger partial charge in [0, 0.05) is 20.1 Å². The number of carbonyl (C=O) groups is 2. The second-order valence-electron chi connectivity index (χ2n) is 3.70. The first kappa shape index (κ1) is 15.1. The van der Waals surface area contributed by atoms with Crippen LogP contribution < -0.4 is 0 Å². The molecule has 0 aromatic heterocycles. The Morgan fingerprint density at radius 2 is 1.42 bits per heavy atom. The van der Waals surface area contributed by atoms with Crippen LogP contribution in [0.15, 0.2) is 48.5 Å². The molecular weight excluding hydrogens is 424 g/mol. The fourth-order valence-electron chi connectivity index (χ4n) is 1.82. The van der Waals surface area contributed by atoms with Gasteiger partial charge in [-0.2, -0.15) is 0 Å². The van der Waals surface area contributed by atoms with Crippen molar-refractivity contribution in [3.8, 4) is 11.1 Å². The fourth-order valence-corrected chi connectivity index (χ4v) is 1.82. The van der Waals surface area contributed by atoms with Crippen LogP contribution in [-0.4, -0.2) is 22.2 Å². The summed E-state index contributed by atoms with van der Waals surface area (Å²) in [5.74, 6) is -2.49. The summed E-state index contributed by atoms with van der Waals surface area (Å²) < 4.78 is 0. The Morgan fingerprint density at radius 3 is 1.95 bits per heavy atom. The van der Waals surface area contributed by atoms with Gasteiger partial charge in [0.1, 0.15) is 0 Å². The maximum absolute atomic E-state index is 11.3. The van der Waals surface area contributed by atoms with E-state index in [0.29, 0.717) is 11.1 Å². The Kier molecular flexibility index (Phi) is 4.98. The predicted molar refractivity (Wildman–Crippen MR) is 65.8 cm³/mol. The van der Waals surface area contributed by atoms with E-state index in [1.165, 1.54) is 12.1 Å². The average Bonchev–Trinajstić information content (AvgIpc) is 2.38. The molecule has 0 aliphatic rings. The van der Waals surface area contributed by atoms with E-state index in [4.69, 9.17) is 5.11 Å². The molecule has 1 radical (unpaired) electrons. The van der Waals surface area contributed by atoms with Gasteiger partial charge in [-0.25, -0.2) is 9.59 Å². The Balaban J connectivity index is 0.00000180. The Labute approximate surface area is 123 Å². The second kappa shape index (κ2) is 6.27. The van der Waals surface area contributed by atoms with Crippen LogP contribution in [0.4, 0.5) is 0 Å². The van der Waals surface area contributed by atoms with Gasteiger partial charge in [0.05, 0.1) is 11.1 Å². The molecule has 0 bridgehead atoms. The van der Waals surface area contributed by atoms with Crippen LogP contribution in [0.1, 0.15) is 20.7 Å². The number of carboxylic acid groups (broad SMARTS) is 2. The first-order valence-corrected chi connectivity index (χ1v) is 5.26. The number of hydrogen-bond donors (Lipinski definition) is 2. The largest absolute Gasteiger partial charge is 0.478 e. The minimum absolute atomic E-state index is 0. The topological polar surface area (TPSA) is 74.6 Å². The van der Waals surface area contributed by atoms with Crippen LogP contribution >= 0.6 is 0 Å². The van der Waals surface area contributed by atoms with Crippen molar-refractivity contribution in [1.82, 2.24) is 0 Å². The maximum Gasteiger partial charge on any atom is 0.337 e. The summed E-state index contributed by atoms with van der Waals surface area (Å²) in [6, 6.07) is 13.3. The second-order valence-corrected chi connectivity index (χ2v) is 3.70. The van der Waals surface area contributed by atoms with Crippen LogP contribution in [0.3, 0.4) is 0 Å². The molecule has 19 heavy (non-hydrogen) atoms. The van der Waals surface area contributed by atoms with Crippen LogP contribution in [0.25, 0.3) is 11.1 Å². The molecule has 0 saturated carbocycles. The molecule has 2 N–H and O–H groups in total. The third kappa shape index (κ3) is 3.08. The zero-order valence-electron chi connectivity index (χ0n) is 9.66. The number of benzene rings is 2. The van der Waals surface area contributed by atoms with Gasteiger partial charge < -0.3 is 10.2 Å². The predicted octanol–water partition coefficient (Wildman–Crippen LogP) is 2.75. The number of rotatable bonds is 3. The van der Waals surface area contributed by atoms with Crippen molar-refractivity contribution in [2.75, 3.05) is 0 Å². The van der Waals surface area contributed by atoms with Gasteiger partial charge in [-0.1, -0.05) is 42.5 Å². The summed E-state index contributed by atoms with van der Waals surface area (Å²) in [7, 11) is 0. The van der Waals surface area contributed by atoms with Gasteiger partial charge in [-0.3, -0.25) is 0 Å². The molecule has 0 heterocycles. The molecule has 0 saturated heterocycles. The first-order valence-electron chi connectivity index (χ1n) is 5.26. The van der Waals surface area contributed by atoms with Crippen LogP contribution in [0, 0.1) is 0 Å². The summed E-state index contributed by atoms with van der Waals surface area (Å²) >= 11 is 0. The summed E-state index contributed by atoms with van der Waals surface area (Å²) in [4.78, 5) is 22.3. The molecule has 4 nitrogen and oxygen atoms in total. The van der Waals surface area contributed by atoms with Crippen molar-refractivity contribution in [2.24, 2.45) is 0 Å². The molecule has 0 fully saturated rings. The number of aromatic carboxylic acids is 2. The third-order valence-corrected chi connectivity index (χ3v) is 2.59. The quantitative estimate of drug-likeness (QED) is 0.779. The fraction of sp³-hybridized carbons (Fsp3) is 0. The Bertz CT molecular complexity index is 608. The molecule has 2 aromatic carbocycles. The van der Waals surface area contributed by atoms with E-state index >= 15 is 0 Å². The number of carboxylic acids is 2. The summed E-state index contributed by atoms with van der Waals surface area (Å²) in [6.07, 6.45) is 0. The van der Waals surface area contributed by atoms with E-state index in [1.807, 2.05) is 6.07 Å². The van der Waals surface area contributed by atoms with Gasteiger partial charge in [-0.15, -0.1) is 0 Å². The van der Waals surface area contributed by atoms with E-state index in [-0.39, 0.29) is 31.2 Å². The minimum Gasteiger partial charge on any atom is -0.478 e. The molecule has 99 valence electrons. The average molecular weight is 434 g/mol. The zero-order valence-corrected chi connectivity index (χ0v) is 12.1. The molecule has 0 atom stereocenters. The zero-order chi connectivity index (χ0) is 13.1. The first-order chi connectivity index (χ1) is 8.61. The van der Waals surface area contributed by atoms with Crippen molar-refractivity contribution in [3.63, 3.8) is 0 Å². The standard InChI is InChI=1S/C14H10O4.Ir/c15-13(16)11-8-4-7-10(12(11)14(17)18)9-5-2-1-3-6-9;/h1-8H,(H,15,16)(H,17,18);. The van der Waals surface area contributed by atoms with Crippen molar-refractivity contribution in [3.05, 3.63) is 59.7 Å². The van der Waals surface area contributed by atoms with Crippen molar-refractivity contribution < 1.29 is 39.9 Å². The van der Waals surface area contributed by atoms with E-state index in [9.17, 15) is 14.7 Å². The molecule has 0 amide bonds. The Hall–Kier alpha value is -1.97. The van der Waals surface area contributed by atoms with Crippen LogP contribution in [0.5, 0.6) is 0 Å². The van der Waals surface area contributed by atoms with E-state index < -0.39 is 11.9 Å². The van der Waals surface area contributed by atoms with Crippen molar-refractivity contribution in [1.29, 1.82) is 0 Å². The molecule has 0 aliphatic carbocycles. The normalized spacial score (nSPS) is 9.47. The minimum atomic E-state index is -1.25. The van der Waals surface area contributed by atoms with Gasteiger partial charge in [-0.05, 0) is 17.2 Å². The van der Waals surface area contributed by atoms with Crippen LogP contribution in [0.2, 0.25) is 0 Å². The van der Waals surface area contributed by atoms with Crippen molar-refractivity contribution in [2.45, 2.75) is 0 Å². The smallest absolute Gasteiger partial charge is 0.337 e. The maximum atomic E-state index is 11.3. The molecule has 2 rings (SSSR count). The van der Waals surface area contributed by atoms with E-state index in [2.05, 4.69) is 0 Å². The van der Waals surface area contributed by atoms with Gasteiger partial charge >= 0.3 is 11.9 Å². The van der Waals surface area contributed by atoms with Gasteiger partial charge in [0.2, 0.25) is 0 Å². The van der Waals surface area contributed by atoms with Gasteiger partial charge in [0.15, 0.2) is 0 Å². The summed E-state index contributed by atoms with van der Waals surface area (Å²) in [5.41, 5.74) is 0.695. The molecule has 0 aliphatic heterocycles. The SMILES string of the molecule is O=C(O)c1cccc(-c2ccccc2)c1C(=O)O.[Ir]. The third-order valence-electron chi connectivity index (χ3n) is 2.59. The molecule has 5 heteroatoms. The molecule has 0 spiro atoms. The summed E-state index contributed by atoms with van der Waals surface area (Å²) in [5, 5.41) is 18.2. The van der Waals surface area contributed by atoms with Crippen LogP contribution in [-0.2, 0) is 20.1 Å². The van der Waals surface area contributed by atoms with Crippen molar-refractivity contribution >= 4 is 11.9 Å². The monoisotopic (exact) mass is 435 g/mol. The molecule has 2 aromatic rings.